The molecular weight excluding hydrogens is 221 g/mol. The second-order valence-corrected chi connectivity index (χ2v) is 3.77. The molecule has 0 saturated heterocycles. The first kappa shape index (κ1) is 9.56. The van der Waals surface area contributed by atoms with Gasteiger partial charge in [0.15, 0.2) is 11.7 Å². The molecule has 14 heavy (non-hydrogen) atoms. The molecule has 1 aromatic carbocycles. The van der Waals surface area contributed by atoms with E-state index in [0.717, 1.165) is 5.56 Å². The van der Waals surface area contributed by atoms with E-state index in [-0.39, 0.29) is 0 Å². The van der Waals surface area contributed by atoms with Gasteiger partial charge in [-0.3, -0.25) is 0 Å². The van der Waals surface area contributed by atoms with Gasteiger partial charge in [-0.05, 0) is 18.2 Å². The highest BCUT2D eigenvalue weighted by Gasteiger charge is 2.05. The third-order valence-corrected chi connectivity index (χ3v) is 2.20. The summed E-state index contributed by atoms with van der Waals surface area (Å²) in [6, 6.07) is 5.25. The van der Waals surface area contributed by atoms with Crippen LogP contribution in [0.25, 0.3) is 11.3 Å². The van der Waals surface area contributed by atoms with Crippen LogP contribution in [-0.2, 0) is 0 Å². The fourth-order valence-electron chi connectivity index (χ4n) is 1.19. The largest absolute Gasteiger partial charge is 0.441 e. The molecule has 0 fully saturated rings. The maximum absolute atomic E-state index is 5.86. The quantitative estimate of drug-likeness (QED) is 0.738. The predicted molar refractivity (Wildman–Crippen MR) is 56.7 cm³/mol. The lowest BCUT2D eigenvalue weighted by Crippen LogP contribution is -1.74. The minimum Gasteiger partial charge on any atom is -0.441 e. The Hall–Kier alpha value is -0.990. The highest BCUT2D eigenvalue weighted by atomic mass is 35.5. The summed E-state index contributed by atoms with van der Waals surface area (Å²) in [7, 11) is 0. The van der Waals surface area contributed by atoms with Crippen LogP contribution in [0.3, 0.4) is 0 Å². The lowest BCUT2D eigenvalue weighted by molar-refractivity contribution is 0.534. The molecule has 0 saturated carbocycles. The molecule has 0 unspecified atom stereocenters. The van der Waals surface area contributed by atoms with Gasteiger partial charge >= 0.3 is 0 Å². The number of oxazole rings is 1. The standard InChI is InChI=1S/C10H7Cl2NO/c1-6-13-5-10(14-6)7-2-8(11)4-9(12)3-7/h2-5H,1H3. The Morgan fingerprint density at radius 1 is 1.14 bits per heavy atom. The summed E-state index contributed by atoms with van der Waals surface area (Å²) in [4.78, 5) is 4.00. The topological polar surface area (TPSA) is 26.0 Å². The van der Waals surface area contributed by atoms with Crippen LogP contribution in [0, 0.1) is 6.92 Å². The lowest BCUT2D eigenvalue weighted by Gasteiger charge is -1.98. The van der Waals surface area contributed by atoms with Crippen molar-refractivity contribution in [3.05, 3.63) is 40.3 Å². The van der Waals surface area contributed by atoms with Gasteiger partial charge in [0, 0.05) is 22.5 Å². The smallest absolute Gasteiger partial charge is 0.191 e. The normalized spacial score (nSPS) is 10.5. The van der Waals surface area contributed by atoms with Crippen LogP contribution in [0.1, 0.15) is 5.89 Å². The van der Waals surface area contributed by atoms with E-state index in [1.165, 1.54) is 0 Å². The lowest BCUT2D eigenvalue weighted by atomic mass is 10.2. The Bertz CT molecular complexity index is 445. The molecule has 1 aromatic heterocycles. The molecule has 0 bridgehead atoms. The summed E-state index contributed by atoms with van der Waals surface area (Å²) in [5.41, 5.74) is 0.836. The van der Waals surface area contributed by atoms with E-state index in [1.807, 2.05) is 0 Å². The summed E-state index contributed by atoms with van der Waals surface area (Å²) in [6.07, 6.45) is 1.65. The van der Waals surface area contributed by atoms with Gasteiger partial charge in [0.1, 0.15) is 0 Å². The zero-order valence-corrected chi connectivity index (χ0v) is 8.93. The van der Waals surface area contributed by atoms with Crippen LogP contribution in [-0.4, -0.2) is 4.98 Å². The maximum Gasteiger partial charge on any atom is 0.191 e. The monoisotopic (exact) mass is 227 g/mol. The third-order valence-electron chi connectivity index (χ3n) is 1.77. The highest BCUT2D eigenvalue weighted by Crippen LogP contribution is 2.27. The Morgan fingerprint density at radius 3 is 2.29 bits per heavy atom. The van der Waals surface area contributed by atoms with Gasteiger partial charge in [0.2, 0.25) is 0 Å². The van der Waals surface area contributed by atoms with Crippen molar-refractivity contribution < 1.29 is 4.42 Å². The molecule has 0 N–H and O–H groups in total. The summed E-state index contributed by atoms with van der Waals surface area (Å²) in [5, 5.41) is 1.17. The SMILES string of the molecule is Cc1ncc(-c2cc(Cl)cc(Cl)c2)o1. The van der Waals surface area contributed by atoms with Gasteiger partial charge in [-0.15, -0.1) is 0 Å². The second-order valence-electron chi connectivity index (χ2n) is 2.90. The molecule has 0 radical (unpaired) electrons. The van der Waals surface area contributed by atoms with Gasteiger partial charge in [-0.25, -0.2) is 4.98 Å². The summed E-state index contributed by atoms with van der Waals surface area (Å²) in [5.74, 6) is 1.29. The number of nitrogens with zero attached hydrogens (tertiary/aromatic N) is 1. The van der Waals surface area contributed by atoms with Crippen molar-refractivity contribution in [3.63, 3.8) is 0 Å². The molecule has 0 atom stereocenters. The van der Waals surface area contributed by atoms with E-state index in [9.17, 15) is 0 Å². The highest BCUT2D eigenvalue weighted by molar-refractivity contribution is 6.35. The molecule has 2 rings (SSSR count). The van der Waals surface area contributed by atoms with Crippen LogP contribution in [0.4, 0.5) is 0 Å². The summed E-state index contributed by atoms with van der Waals surface area (Å²) >= 11 is 11.7. The third kappa shape index (κ3) is 1.91. The van der Waals surface area contributed by atoms with Crippen molar-refractivity contribution in [2.45, 2.75) is 6.92 Å². The number of aromatic nitrogens is 1. The molecule has 0 amide bonds. The van der Waals surface area contributed by atoms with Crippen molar-refractivity contribution >= 4 is 23.2 Å². The first-order valence-corrected chi connectivity index (χ1v) is 4.79. The van der Waals surface area contributed by atoms with Gasteiger partial charge in [0.25, 0.3) is 0 Å². The van der Waals surface area contributed by atoms with Crippen molar-refractivity contribution in [2.24, 2.45) is 0 Å². The molecule has 2 aromatic rings. The summed E-state index contributed by atoms with van der Waals surface area (Å²) < 4.78 is 5.35. The van der Waals surface area contributed by atoms with E-state index < -0.39 is 0 Å². The number of hydrogen-bond donors (Lipinski definition) is 0. The number of aryl methyl sites for hydroxylation is 1. The molecule has 0 aliphatic rings. The number of rotatable bonds is 1. The Kier molecular flexibility index (Phi) is 2.48. The molecule has 4 heteroatoms. The molecule has 0 aliphatic carbocycles. The Morgan fingerprint density at radius 2 is 1.79 bits per heavy atom. The van der Waals surface area contributed by atoms with Gasteiger partial charge in [-0.1, -0.05) is 23.2 Å². The van der Waals surface area contributed by atoms with Crippen LogP contribution in [0.15, 0.2) is 28.8 Å². The zero-order valence-electron chi connectivity index (χ0n) is 7.42. The molecule has 0 spiro atoms. The van der Waals surface area contributed by atoms with Crippen LogP contribution >= 0.6 is 23.2 Å². The van der Waals surface area contributed by atoms with Crippen LogP contribution < -0.4 is 0 Å². The molecule has 1 heterocycles. The van der Waals surface area contributed by atoms with Crippen molar-refractivity contribution in [1.29, 1.82) is 0 Å². The molecule has 72 valence electrons. The summed E-state index contributed by atoms with van der Waals surface area (Å²) in [6.45, 7) is 1.79. The van der Waals surface area contributed by atoms with Crippen molar-refractivity contribution in [1.82, 2.24) is 4.98 Å². The first-order valence-electron chi connectivity index (χ1n) is 4.04. The van der Waals surface area contributed by atoms with E-state index in [0.29, 0.717) is 21.7 Å². The molecule has 2 nitrogen and oxygen atoms in total. The van der Waals surface area contributed by atoms with Gasteiger partial charge in [-0.2, -0.15) is 0 Å². The first-order chi connectivity index (χ1) is 6.65. The van der Waals surface area contributed by atoms with Gasteiger partial charge < -0.3 is 4.42 Å². The predicted octanol–water partition coefficient (Wildman–Crippen LogP) is 3.96. The van der Waals surface area contributed by atoms with E-state index in [1.54, 1.807) is 31.3 Å². The van der Waals surface area contributed by atoms with E-state index >= 15 is 0 Å². The minimum absolute atomic E-state index is 0.585. The number of hydrogen-bond acceptors (Lipinski definition) is 2. The fourth-order valence-corrected chi connectivity index (χ4v) is 1.72. The Balaban J connectivity index is 2.51. The average Bonchev–Trinajstić information content (AvgIpc) is 2.50. The van der Waals surface area contributed by atoms with E-state index in [4.69, 9.17) is 27.6 Å². The number of benzene rings is 1. The number of halogens is 2. The van der Waals surface area contributed by atoms with E-state index in [2.05, 4.69) is 4.98 Å². The molecular formula is C10H7Cl2NO. The maximum atomic E-state index is 5.86. The fraction of sp³-hybridized carbons (Fsp3) is 0.100. The van der Waals surface area contributed by atoms with Gasteiger partial charge in [0.05, 0.1) is 6.20 Å². The zero-order chi connectivity index (χ0) is 10.1. The van der Waals surface area contributed by atoms with Crippen LogP contribution in [0.2, 0.25) is 10.0 Å². The average molecular weight is 228 g/mol. The van der Waals surface area contributed by atoms with Crippen LogP contribution in [0.5, 0.6) is 0 Å². The van der Waals surface area contributed by atoms with Crippen molar-refractivity contribution in [2.75, 3.05) is 0 Å². The van der Waals surface area contributed by atoms with Crippen molar-refractivity contribution in [3.8, 4) is 11.3 Å². The second kappa shape index (κ2) is 3.64. The molecule has 0 aliphatic heterocycles. The Labute approximate surface area is 91.5 Å². The minimum atomic E-state index is 0.585.